The molecule has 0 spiro atoms. The summed E-state index contributed by atoms with van der Waals surface area (Å²) in [7, 11) is 0. The molecule has 0 aliphatic heterocycles. The quantitative estimate of drug-likeness (QED) is 0.663. The third kappa shape index (κ3) is 5.47. The molecule has 0 bridgehead atoms. The average molecular weight is 386 g/mol. The van der Waals surface area contributed by atoms with Gasteiger partial charge in [-0.15, -0.1) is 0 Å². The molecule has 0 atom stereocenters. The molecule has 2 aromatic rings. The Kier molecular flexibility index (Phi) is 6.35. The van der Waals surface area contributed by atoms with Crippen molar-refractivity contribution in [2.24, 2.45) is 0 Å². The van der Waals surface area contributed by atoms with Crippen LogP contribution >= 0.6 is 11.6 Å². The number of nitrogens with one attached hydrogen (secondary N) is 3. The van der Waals surface area contributed by atoms with Crippen molar-refractivity contribution in [1.82, 2.24) is 5.32 Å². The zero-order valence-corrected chi connectivity index (χ0v) is 16.1. The lowest BCUT2D eigenvalue weighted by Crippen LogP contribution is -2.36. The number of carbonyl (C=O) groups is 2. The van der Waals surface area contributed by atoms with Gasteiger partial charge in [0.05, 0.1) is 0 Å². The van der Waals surface area contributed by atoms with E-state index in [0.717, 1.165) is 18.4 Å². The van der Waals surface area contributed by atoms with Gasteiger partial charge in [0.2, 0.25) is 0 Å². The summed E-state index contributed by atoms with van der Waals surface area (Å²) in [5.41, 5.74) is 2.78. The van der Waals surface area contributed by atoms with Gasteiger partial charge in [-0.1, -0.05) is 36.9 Å². The summed E-state index contributed by atoms with van der Waals surface area (Å²) in [4.78, 5) is 24.5. The number of amides is 3. The number of hydrogen-bond donors (Lipinski definition) is 3. The van der Waals surface area contributed by atoms with Crippen LogP contribution in [-0.2, 0) is 0 Å². The SMILES string of the molecule is Cc1ccc(Cl)cc1NC(=O)Nc1ccc(C(=O)NC2CCCCC2)cc1. The minimum absolute atomic E-state index is 0.0625. The van der Waals surface area contributed by atoms with Crippen molar-refractivity contribution in [2.75, 3.05) is 10.6 Å². The van der Waals surface area contributed by atoms with Gasteiger partial charge in [0.15, 0.2) is 0 Å². The highest BCUT2D eigenvalue weighted by molar-refractivity contribution is 6.31. The van der Waals surface area contributed by atoms with Crippen LogP contribution in [0.4, 0.5) is 16.2 Å². The van der Waals surface area contributed by atoms with Crippen LogP contribution < -0.4 is 16.0 Å². The van der Waals surface area contributed by atoms with Crippen molar-refractivity contribution < 1.29 is 9.59 Å². The Bertz CT molecular complexity index is 815. The van der Waals surface area contributed by atoms with Crippen LogP contribution in [0.25, 0.3) is 0 Å². The Morgan fingerprint density at radius 3 is 2.37 bits per heavy atom. The van der Waals surface area contributed by atoms with E-state index >= 15 is 0 Å². The number of hydrogen-bond acceptors (Lipinski definition) is 2. The van der Waals surface area contributed by atoms with Gasteiger partial charge in [0.1, 0.15) is 0 Å². The molecule has 1 fully saturated rings. The van der Waals surface area contributed by atoms with E-state index in [1.807, 2.05) is 13.0 Å². The van der Waals surface area contributed by atoms with E-state index in [2.05, 4.69) is 16.0 Å². The standard InChI is InChI=1S/C21H24ClN3O2/c1-14-7-10-16(22)13-19(14)25-21(27)24-18-11-8-15(9-12-18)20(26)23-17-5-3-2-4-6-17/h7-13,17H,2-6H2,1H3,(H,23,26)(H2,24,25,27). The molecule has 1 aliphatic carbocycles. The van der Waals surface area contributed by atoms with Crippen LogP contribution in [0.15, 0.2) is 42.5 Å². The number of rotatable bonds is 4. The molecule has 0 unspecified atom stereocenters. The molecule has 0 radical (unpaired) electrons. The van der Waals surface area contributed by atoms with Crippen LogP contribution in [-0.4, -0.2) is 18.0 Å². The third-order valence-corrected chi connectivity index (χ3v) is 5.03. The molecular formula is C21H24ClN3O2. The van der Waals surface area contributed by atoms with E-state index in [1.165, 1.54) is 19.3 Å². The van der Waals surface area contributed by atoms with E-state index in [1.54, 1.807) is 36.4 Å². The monoisotopic (exact) mass is 385 g/mol. The van der Waals surface area contributed by atoms with Crippen molar-refractivity contribution >= 4 is 34.9 Å². The molecular weight excluding hydrogens is 362 g/mol. The maximum absolute atomic E-state index is 12.3. The topological polar surface area (TPSA) is 70.2 Å². The second-order valence-electron chi connectivity index (χ2n) is 6.92. The number of halogens is 1. The highest BCUT2D eigenvalue weighted by Gasteiger charge is 2.16. The Labute approximate surface area is 164 Å². The van der Waals surface area contributed by atoms with E-state index < -0.39 is 0 Å². The van der Waals surface area contributed by atoms with Crippen molar-refractivity contribution in [2.45, 2.75) is 45.1 Å². The summed E-state index contributed by atoms with van der Waals surface area (Å²) in [5, 5.41) is 9.18. The van der Waals surface area contributed by atoms with Gasteiger partial charge in [-0.25, -0.2) is 4.79 Å². The van der Waals surface area contributed by atoms with Gasteiger partial charge < -0.3 is 16.0 Å². The Morgan fingerprint density at radius 1 is 0.963 bits per heavy atom. The smallest absolute Gasteiger partial charge is 0.323 e. The van der Waals surface area contributed by atoms with Crippen molar-refractivity contribution in [3.05, 3.63) is 58.6 Å². The molecule has 0 saturated heterocycles. The second-order valence-corrected chi connectivity index (χ2v) is 7.36. The first-order valence-electron chi connectivity index (χ1n) is 9.26. The van der Waals surface area contributed by atoms with Crippen LogP contribution in [0.3, 0.4) is 0 Å². The lowest BCUT2D eigenvalue weighted by molar-refractivity contribution is 0.0927. The molecule has 3 N–H and O–H groups in total. The molecule has 27 heavy (non-hydrogen) atoms. The maximum Gasteiger partial charge on any atom is 0.323 e. The molecule has 0 heterocycles. The highest BCUT2D eigenvalue weighted by Crippen LogP contribution is 2.21. The molecule has 142 valence electrons. The fraction of sp³-hybridized carbons (Fsp3) is 0.333. The van der Waals surface area contributed by atoms with E-state index in [4.69, 9.17) is 11.6 Å². The molecule has 3 rings (SSSR count). The first-order chi connectivity index (χ1) is 13.0. The largest absolute Gasteiger partial charge is 0.349 e. The Morgan fingerprint density at radius 2 is 1.67 bits per heavy atom. The Balaban J connectivity index is 1.55. The fourth-order valence-corrected chi connectivity index (χ4v) is 3.41. The molecule has 0 aromatic heterocycles. The number of carbonyl (C=O) groups excluding carboxylic acids is 2. The molecule has 1 aliphatic rings. The minimum atomic E-state index is -0.361. The molecule has 2 aromatic carbocycles. The van der Waals surface area contributed by atoms with Gasteiger partial charge in [-0.3, -0.25) is 4.79 Å². The lowest BCUT2D eigenvalue weighted by atomic mass is 9.95. The maximum atomic E-state index is 12.3. The van der Waals surface area contributed by atoms with Gasteiger partial charge in [-0.05, 0) is 61.7 Å². The molecule has 5 nitrogen and oxygen atoms in total. The van der Waals surface area contributed by atoms with Gasteiger partial charge in [0.25, 0.3) is 5.91 Å². The Hall–Kier alpha value is -2.53. The van der Waals surface area contributed by atoms with Gasteiger partial charge in [-0.2, -0.15) is 0 Å². The van der Waals surface area contributed by atoms with Gasteiger partial charge >= 0.3 is 6.03 Å². The summed E-state index contributed by atoms with van der Waals surface area (Å²) in [5.74, 6) is -0.0625. The van der Waals surface area contributed by atoms with Crippen LogP contribution in [0, 0.1) is 6.92 Å². The predicted octanol–water partition coefficient (Wildman–Crippen LogP) is 5.35. The van der Waals surface area contributed by atoms with Crippen molar-refractivity contribution in [1.29, 1.82) is 0 Å². The lowest BCUT2D eigenvalue weighted by Gasteiger charge is -2.22. The van der Waals surface area contributed by atoms with E-state index in [0.29, 0.717) is 22.0 Å². The summed E-state index contributed by atoms with van der Waals surface area (Å²) in [6.45, 7) is 1.89. The number of urea groups is 1. The average Bonchev–Trinajstić information content (AvgIpc) is 2.66. The molecule has 3 amide bonds. The van der Waals surface area contributed by atoms with Crippen LogP contribution in [0.2, 0.25) is 5.02 Å². The van der Waals surface area contributed by atoms with Crippen LogP contribution in [0.1, 0.15) is 48.0 Å². The number of aryl methyl sites for hydroxylation is 1. The fourth-order valence-electron chi connectivity index (χ4n) is 3.23. The minimum Gasteiger partial charge on any atom is -0.349 e. The van der Waals surface area contributed by atoms with E-state index in [9.17, 15) is 9.59 Å². The van der Waals surface area contributed by atoms with Crippen molar-refractivity contribution in [3.8, 4) is 0 Å². The zero-order chi connectivity index (χ0) is 19.2. The predicted molar refractivity (Wildman–Crippen MR) is 110 cm³/mol. The molecule has 1 saturated carbocycles. The second kappa shape index (κ2) is 8.91. The normalized spacial score (nSPS) is 14.4. The first kappa shape index (κ1) is 19.2. The first-order valence-corrected chi connectivity index (χ1v) is 9.64. The number of anilines is 2. The number of benzene rings is 2. The van der Waals surface area contributed by atoms with Crippen LogP contribution in [0.5, 0.6) is 0 Å². The summed E-state index contributed by atoms with van der Waals surface area (Å²) in [6.07, 6.45) is 5.70. The molecule has 6 heteroatoms. The zero-order valence-electron chi connectivity index (χ0n) is 15.3. The summed E-state index contributed by atoms with van der Waals surface area (Å²) < 4.78 is 0. The third-order valence-electron chi connectivity index (χ3n) is 4.79. The van der Waals surface area contributed by atoms with Crippen molar-refractivity contribution in [3.63, 3.8) is 0 Å². The van der Waals surface area contributed by atoms with Gasteiger partial charge in [0, 0.05) is 28.0 Å². The van der Waals surface area contributed by atoms with E-state index in [-0.39, 0.29) is 18.0 Å². The summed E-state index contributed by atoms with van der Waals surface area (Å²) in [6, 6.07) is 12.1. The highest BCUT2D eigenvalue weighted by atomic mass is 35.5. The summed E-state index contributed by atoms with van der Waals surface area (Å²) >= 11 is 5.97.